The molecule has 12 heteroatoms. The summed E-state index contributed by atoms with van der Waals surface area (Å²) in [5.41, 5.74) is 0. The van der Waals surface area contributed by atoms with Crippen LogP contribution in [0.3, 0.4) is 0 Å². The SMILES string of the molecule is C=COCC(F)(F)C(F)(F)CCC(F)(F)C(F)(F)CC(F)(F)F. The normalized spacial score (nSPS) is 14.7. The highest BCUT2D eigenvalue weighted by Crippen LogP contribution is 2.47. The molecule has 0 atom stereocenters. The summed E-state index contributed by atoms with van der Waals surface area (Å²) in [6.45, 7) is 0.807. The minimum absolute atomic E-state index is 0.357. The molecule has 0 aromatic rings. The molecule has 0 unspecified atom stereocenters. The number of ether oxygens (including phenoxy) is 1. The van der Waals surface area contributed by atoms with Crippen molar-refractivity contribution in [1.82, 2.24) is 0 Å². The maximum atomic E-state index is 13.1. The number of rotatable bonds is 9. The molecule has 0 rings (SSSR count). The second kappa shape index (κ2) is 6.71. The fourth-order valence-electron chi connectivity index (χ4n) is 1.33. The van der Waals surface area contributed by atoms with E-state index < -0.39 is 55.7 Å². The highest BCUT2D eigenvalue weighted by molar-refractivity contribution is 4.92. The van der Waals surface area contributed by atoms with Crippen molar-refractivity contribution in [3.8, 4) is 0 Å². The van der Waals surface area contributed by atoms with Gasteiger partial charge in [0.05, 0.1) is 6.26 Å². The molecule has 0 bridgehead atoms. The van der Waals surface area contributed by atoms with E-state index in [1.807, 2.05) is 0 Å². The van der Waals surface area contributed by atoms with Crippen molar-refractivity contribution in [2.75, 3.05) is 6.61 Å². The Morgan fingerprint density at radius 2 is 1.04 bits per heavy atom. The first-order valence-corrected chi connectivity index (χ1v) is 5.78. The van der Waals surface area contributed by atoms with Crippen LogP contribution in [0.2, 0.25) is 0 Å². The van der Waals surface area contributed by atoms with E-state index in [0.717, 1.165) is 0 Å². The maximum Gasteiger partial charge on any atom is 0.395 e. The van der Waals surface area contributed by atoms with Gasteiger partial charge in [-0.3, -0.25) is 0 Å². The van der Waals surface area contributed by atoms with Crippen molar-refractivity contribution in [2.45, 2.75) is 49.1 Å². The third-order valence-corrected chi connectivity index (χ3v) is 2.63. The summed E-state index contributed by atoms with van der Waals surface area (Å²) in [7, 11) is 0. The van der Waals surface area contributed by atoms with Crippen LogP contribution in [0.1, 0.15) is 19.3 Å². The molecule has 0 saturated heterocycles. The van der Waals surface area contributed by atoms with Gasteiger partial charge in [0.2, 0.25) is 0 Å². The van der Waals surface area contributed by atoms with Crippen LogP contribution in [-0.4, -0.2) is 36.5 Å². The second-order valence-electron chi connectivity index (χ2n) is 4.59. The van der Waals surface area contributed by atoms with Crippen LogP contribution in [0.4, 0.5) is 48.3 Å². The highest BCUT2D eigenvalue weighted by atomic mass is 19.4. The number of hydrogen-bond donors (Lipinski definition) is 0. The minimum Gasteiger partial charge on any atom is -0.495 e. The van der Waals surface area contributed by atoms with Crippen LogP contribution in [0.15, 0.2) is 12.8 Å². The lowest BCUT2D eigenvalue weighted by Crippen LogP contribution is -2.48. The Morgan fingerprint density at radius 1 is 0.652 bits per heavy atom. The molecule has 23 heavy (non-hydrogen) atoms. The molecule has 0 aliphatic heterocycles. The fraction of sp³-hybridized carbons (Fsp3) is 0.818. The predicted octanol–water partition coefficient (Wildman–Crippen LogP) is 5.42. The van der Waals surface area contributed by atoms with Gasteiger partial charge < -0.3 is 4.74 Å². The van der Waals surface area contributed by atoms with Gasteiger partial charge in [-0.1, -0.05) is 6.58 Å². The topological polar surface area (TPSA) is 9.23 Å². The van der Waals surface area contributed by atoms with Crippen LogP contribution in [-0.2, 0) is 4.74 Å². The van der Waals surface area contributed by atoms with Gasteiger partial charge in [-0.05, 0) is 0 Å². The average Bonchev–Trinajstić information content (AvgIpc) is 2.31. The van der Waals surface area contributed by atoms with Gasteiger partial charge in [0.15, 0.2) is 6.61 Å². The molecule has 0 radical (unpaired) electrons. The van der Waals surface area contributed by atoms with Crippen molar-refractivity contribution in [3.05, 3.63) is 12.8 Å². The number of halogens is 11. The Hall–Kier alpha value is -1.23. The first kappa shape index (κ1) is 21.8. The third-order valence-electron chi connectivity index (χ3n) is 2.63. The molecular weight excluding hydrogens is 357 g/mol. The molecule has 0 heterocycles. The third kappa shape index (κ3) is 6.05. The van der Waals surface area contributed by atoms with Gasteiger partial charge in [-0.2, -0.15) is 48.3 Å². The van der Waals surface area contributed by atoms with E-state index in [9.17, 15) is 48.3 Å². The first-order chi connectivity index (χ1) is 9.97. The lowest BCUT2D eigenvalue weighted by molar-refractivity contribution is -0.277. The van der Waals surface area contributed by atoms with Crippen LogP contribution in [0.5, 0.6) is 0 Å². The molecule has 0 amide bonds. The van der Waals surface area contributed by atoms with E-state index in [4.69, 9.17) is 0 Å². The molecule has 0 aliphatic carbocycles. The first-order valence-electron chi connectivity index (χ1n) is 5.78. The monoisotopic (exact) mass is 368 g/mol. The van der Waals surface area contributed by atoms with Gasteiger partial charge in [0.25, 0.3) is 0 Å². The predicted molar refractivity (Wildman–Crippen MR) is 55.8 cm³/mol. The van der Waals surface area contributed by atoms with E-state index in [1.165, 1.54) is 0 Å². The summed E-state index contributed by atoms with van der Waals surface area (Å²) < 4.78 is 143. The zero-order valence-electron chi connectivity index (χ0n) is 11.2. The fourth-order valence-corrected chi connectivity index (χ4v) is 1.33. The molecule has 0 aromatic heterocycles. The zero-order valence-corrected chi connectivity index (χ0v) is 11.2. The standard InChI is InChI=1S/C11H11F11O/c1-2-23-6-10(18,19)8(14,15)4-3-7(12,13)9(16,17)5-11(20,21)22/h2H,1,3-6H2. The van der Waals surface area contributed by atoms with E-state index in [-0.39, 0.29) is 0 Å². The Balaban J connectivity index is 5.01. The van der Waals surface area contributed by atoms with Gasteiger partial charge in [0, 0.05) is 12.8 Å². The maximum absolute atomic E-state index is 13.1. The second-order valence-corrected chi connectivity index (χ2v) is 4.59. The highest BCUT2D eigenvalue weighted by Gasteiger charge is 2.63. The molecule has 0 N–H and O–H groups in total. The van der Waals surface area contributed by atoms with Crippen molar-refractivity contribution < 1.29 is 53.0 Å². The summed E-state index contributed by atoms with van der Waals surface area (Å²) in [6, 6.07) is 0. The minimum atomic E-state index is -5.71. The number of hydrogen-bond acceptors (Lipinski definition) is 1. The largest absolute Gasteiger partial charge is 0.495 e. The summed E-state index contributed by atoms with van der Waals surface area (Å²) in [4.78, 5) is 0. The van der Waals surface area contributed by atoms with E-state index in [2.05, 4.69) is 11.3 Å². The van der Waals surface area contributed by atoms with Crippen LogP contribution >= 0.6 is 0 Å². The Morgan fingerprint density at radius 3 is 1.39 bits per heavy atom. The lowest BCUT2D eigenvalue weighted by atomic mass is 9.98. The zero-order chi connectivity index (χ0) is 18.7. The van der Waals surface area contributed by atoms with Crippen molar-refractivity contribution in [1.29, 1.82) is 0 Å². The van der Waals surface area contributed by atoms with E-state index in [0.29, 0.717) is 6.26 Å². The number of alkyl halides is 11. The van der Waals surface area contributed by atoms with Crippen molar-refractivity contribution >= 4 is 0 Å². The van der Waals surface area contributed by atoms with Crippen LogP contribution in [0, 0.1) is 0 Å². The van der Waals surface area contributed by atoms with Crippen LogP contribution < -0.4 is 0 Å². The Bertz CT molecular complexity index is 399. The van der Waals surface area contributed by atoms with Gasteiger partial charge >= 0.3 is 29.9 Å². The Labute approximate surface area is 123 Å². The molecular formula is C11H11F11O. The van der Waals surface area contributed by atoms with E-state index >= 15 is 0 Å². The van der Waals surface area contributed by atoms with Gasteiger partial charge in [0.1, 0.15) is 6.42 Å². The van der Waals surface area contributed by atoms with Crippen molar-refractivity contribution in [3.63, 3.8) is 0 Å². The summed E-state index contributed by atoms with van der Waals surface area (Å²) in [5, 5.41) is 0. The van der Waals surface area contributed by atoms with Gasteiger partial charge in [-0.25, -0.2) is 0 Å². The molecule has 0 fully saturated rings. The molecule has 0 saturated carbocycles. The molecule has 0 aromatic carbocycles. The lowest BCUT2D eigenvalue weighted by Gasteiger charge is -2.30. The quantitative estimate of drug-likeness (QED) is 0.390. The molecule has 138 valence electrons. The molecule has 0 spiro atoms. The smallest absolute Gasteiger partial charge is 0.395 e. The average molecular weight is 368 g/mol. The van der Waals surface area contributed by atoms with Crippen molar-refractivity contribution in [2.24, 2.45) is 0 Å². The van der Waals surface area contributed by atoms with E-state index in [1.54, 1.807) is 0 Å². The van der Waals surface area contributed by atoms with Crippen LogP contribution in [0.25, 0.3) is 0 Å². The summed E-state index contributed by atoms with van der Waals surface area (Å²) >= 11 is 0. The van der Waals surface area contributed by atoms with Gasteiger partial charge in [-0.15, -0.1) is 0 Å². The Kier molecular flexibility index (Phi) is 6.36. The molecule has 1 nitrogen and oxygen atoms in total. The molecule has 0 aliphatic rings. The summed E-state index contributed by atoms with van der Waals surface area (Å²) in [5.74, 6) is -21.5. The summed E-state index contributed by atoms with van der Waals surface area (Å²) in [6.07, 6.45) is -13.7.